The van der Waals surface area contributed by atoms with Crippen LogP contribution >= 0.6 is 39.1 Å². The first kappa shape index (κ1) is 17.8. The van der Waals surface area contributed by atoms with Crippen molar-refractivity contribution in [1.29, 1.82) is 0 Å². The fourth-order valence-corrected chi connectivity index (χ4v) is 3.06. The maximum Gasteiger partial charge on any atom is 0.326 e. The summed E-state index contributed by atoms with van der Waals surface area (Å²) < 4.78 is 6.69. The molecule has 0 atom stereocenters. The summed E-state index contributed by atoms with van der Waals surface area (Å²) in [5.41, 5.74) is 1.66. The highest BCUT2D eigenvalue weighted by Gasteiger charge is 2.23. The first-order chi connectivity index (χ1) is 11.9. The summed E-state index contributed by atoms with van der Waals surface area (Å²) in [5, 5.41) is 5.13. The fraction of sp³-hybridized carbons (Fsp3) is 0.0588. The van der Waals surface area contributed by atoms with Gasteiger partial charge in [-0.2, -0.15) is 0 Å². The fourth-order valence-electron chi connectivity index (χ4n) is 2.19. The van der Waals surface area contributed by atoms with E-state index >= 15 is 0 Å². The SMILES string of the molecule is O=C1NC(=O)/C(=C\c2cc(Cl)c(OCc3ccc(Br)cc3)c(Cl)c2)N1. The lowest BCUT2D eigenvalue weighted by molar-refractivity contribution is -0.115. The number of benzene rings is 2. The number of rotatable bonds is 4. The van der Waals surface area contributed by atoms with Gasteiger partial charge in [-0.15, -0.1) is 0 Å². The molecular formula is C17H11BrCl2N2O3. The molecule has 1 saturated heterocycles. The quantitative estimate of drug-likeness (QED) is 0.541. The van der Waals surface area contributed by atoms with Crippen molar-refractivity contribution in [3.8, 4) is 5.75 Å². The number of urea groups is 1. The van der Waals surface area contributed by atoms with E-state index in [9.17, 15) is 9.59 Å². The first-order valence-electron chi connectivity index (χ1n) is 7.12. The van der Waals surface area contributed by atoms with Crippen LogP contribution in [0, 0.1) is 0 Å². The van der Waals surface area contributed by atoms with Crippen molar-refractivity contribution in [2.75, 3.05) is 0 Å². The highest BCUT2D eigenvalue weighted by molar-refractivity contribution is 9.10. The number of amides is 3. The molecule has 3 amide bonds. The van der Waals surface area contributed by atoms with Crippen LogP contribution in [0.2, 0.25) is 10.0 Å². The van der Waals surface area contributed by atoms with Gasteiger partial charge < -0.3 is 10.1 Å². The lowest BCUT2D eigenvalue weighted by Crippen LogP contribution is -2.22. The van der Waals surface area contributed by atoms with Crippen LogP contribution in [0.5, 0.6) is 5.75 Å². The minimum absolute atomic E-state index is 0.126. The molecule has 1 fully saturated rings. The number of halogens is 3. The van der Waals surface area contributed by atoms with E-state index in [0.717, 1.165) is 10.0 Å². The summed E-state index contributed by atoms with van der Waals surface area (Å²) in [5.74, 6) is -0.152. The molecule has 0 bridgehead atoms. The molecule has 5 nitrogen and oxygen atoms in total. The number of carbonyl (C=O) groups excluding carboxylic acids is 2. The molecule has 0 aliphatic carbocycles. The van der Waals surface area contributed by atoms with Crippen LogP contribution < -0.4 is 15.4 Å². The Bertz CT molecular complexity index is 859. The maximum absolute atomic E-state index is 11.6. The second-order valence-corrected chi connectivity index (χ2v) is 6.93. The van der Waals surface area contributed by atoms with Crippen molar-refractivity contribution in [1.82, 2.24) is 10.6 Å². The van der Waals surface area contributed by atoms with Crippen LogP contribution in [0.1, 0.15) is 11.1 Å². The van der Waals surface area contributed by atoms with E-state index in [1.54, 1.807) is 12.1 Å². The predicted molar refractivity (Wildman–Crippen MR) is 99.6 cm³/mol. The molecule has 1 heterocycles. The lowest BCUT2D eigenvalue weighted by Gasteiger charge is -2.11. The van der Waals surface area contributed by atoms with E-state index in [4.69, 9.17) is 27.9 Å². The molecule has 0 aromatic heterocycles. The number of imide groups is 1. The van der Waals surface area contributed by atoms with Crippen molar-refractivity contribution >= 4 is 57.1 Å². The minimum atomic E-state index is -0.567. The van der Waals surface area contributed by atoms with E-state index in [0.29, 0.717) is 28.0 Å². The second-order valence-electron chi connectivity index (χ2n) is 5.20. The van der Waals surface area contributed by atoms with Gasteiger partial charge >= 0.3 is 6.03 Å². The molecule has 0 spiro atoms. The Kier molecular flexibility index (Phi) is 5.32. The predicted octanol–water partition coefficient (Wildman–Crippen LogP) is 4.52. The molecule has 2 aromatic carbocycles. The summed E-state index contributed by atoms with van der Waals surface area (Å²) in [6.07, 6.45) is 1.48. The first-order valence-corrected chi connectivity index (χ1v) is 8.67. The van der Waals surface area contributed by atoms with Gasteiger partial charge in [0, 0.05) is 4.47 Å². The largest absolute Gasteiger partial charge is 0.486 e. The summed E-state index contributed by atoms with van der Waals surface area (Å²) >= 11 is 15.9. The molecule has 128 valence electrons. The normalized spacial score (nSPS) is 15.2. The number of ether oxygens (including phenoxy) is 1. The zero-order chi connectivity index (χ0) is 18.0. The van der Waals surface area contributed by atoms with Gasteiger partial charge in [-0.25, -0.2) is 4.79 Å². The Hall–Kier alpha value is -2.02. The molecule has 8 heteroatoms. The molecule has 25 heavy (non-hydrogen) atoms. The highest BCUT2D eigenvalue weighted by Crippen LogP contribution is 2.35. The van der Waals surface area contributed by atoms with Crippen molar-refractivity contribution < 1.29 is 14.3 Å². The van der Waals surface area contributed by atoms with E-state index in [-0.39, 0.29) is 5.70 Å². The van der Waals surface area contributed by atoms with Crippen molar-refractivity contribution in [3.05, 3.63) is 67.7 Å². The van der Waals surface area contributed by atoms with Gasteiger partial charge in [0.05, 0.1) is 10.0 Å². The average molecular weight is 442 g/mol. The second kappa shape index (κ2) is 7.47. The van der Waals surface area contributed by atoms with Crippen LogP contribution in [-0.2, 0) is 11.4 Å². The Morgan fingerprint density at radius 1 is 1.04 bits per heavy atom. The molecule has 3 rings (SSSR count). The summed E-state index contributed by atoms with van der Waals surface area (Å²) in [4.78, 5) is 22.7. The Morgan fingerprint density at radius 2 is 1.68 bits per heavy atom. The monoisotopic (exact) mass is 440 g/mol. The minimum Gasteiger partial charge on any atom is -0.486 e. The molecular weight excluding hydrogens is 431 g/mol. The van der Waals surface area contributed by atoms with E-state index < -0.39 is 11.9 Å². The average Bonchev–Trinajstić information content (AvgIpc) is 2.86. The van der Waals surface area contributed by atoms with Crippen LogP contribution in [-0.4, -0.2) is 11.9 Å². The molecule has 0 unspecified atom stereocenters. The molecule has 0 saturated carbocycles. The number of nitrogens with one attached hydrogen (secondary N) is 2. The van der Waals surface area contributed by atoms with Crippen molar-refractivity contribution in [2.45, 2.75) is 6.61 Å². The van der Waals surface area contributed by atoms with Gasteiger partial charge in [0.2, 0.25) is 0 Å². The van der Waals surface area contributed by atoms with E-state index in [1.807, 2.05) is 24.3 Å². The molecule has 1 aliphatic rings. The number of hydrogen-bond donors (Lipinski definition) is 2. The third-order valence-electron chi connectivity index (χ3n) is 3.35. The zero-order valence-corrected chi connectivity index (χ0v) is 15.7. The Labute approximate surface area is 162 Å². The smallest absolute Gasteiger partial charge is 0.326 e. The number of carbonyl (C=O) groups is 2. The van der Waals surface area contributed by atoms with Gasteiger partial charge in [-0.3, -0.25) is 10.1 Å². The topological polar surface area (TPSA) is 67.4 Å². The number of hydrogen-bond acceptors (Lipinski definition) is 3. The highest BCUT2D eigenvalue weighted by atomic mass is 79.9. The maximum atomic E-state index is 11.6. The third-order valence-corrected chi connectivity index (χ3v) is 4.44. The van der Waals surface area contributed by atoms with Crippen molar-refractivity contribution in [3.63, 3.8) is 0 Å². The molecule has 0 radical (unpaired) electrons. The standard InChI is InChI=1S/C17H11BrCl2N2O3/c18-11-3-1-9(2-4-11)8-25-15-12(19)5-10(6-13(15)20)7-14-16(23)22-17(24)21-14/h1-7H,8H2,(H2,21,22,23,24)/b14-7+. The lowest BCUT2D eigenvalue weighted by atomic mass is 10.1. The van der Waals surface area contributed by atoms with Gasteiger partial charge in [0.1, 0.15) is 12.3 Å². The summed E-state index contributed by atoms with van der Waals surface area (Å²) in [6.45, 7) is 0.311. The third kappa shape index (κ3) is 4.34. The zero-order valence-electron chi connectivity index (χ0n) is 12.6. The van der Waals surface area contributed by atoms with Gasteiger partial charge in [0.15, 0.2) is 5.75 Å². The van der Waals surface area contributed by atoms with Crippen LogP contribution in [0.15, 0.2) is 46.6 Å². The Morgan fingerprint density at radius 3 is 2.24 bits per heavy atom. The Balaban J connectivity index is 1.78. The molecule has 2 aromatic rings. The van der Waals surface area contributed by atoms with Gasteiger partial charge in [0.25, 0.3) is 5.91 Å². The summed E-state index contributed by atoms with van der Waals surface area (Å²) in [6, 6.07) is 10.3. The van der Waals surface area contributed by atoms with Crippen LogP contribution in [0.25, 0.3) is 6.08 Å². The summed E-state index contributed by atoms with van der Waals surface area (Å²) in [7, 11) is 0. The molecule has 2 N–H and O–H groups in total. The van der Waals surface area contributed by atoms with Crippen molar-refractivity contribution in [2.24, 2.45) is 0 Å². The van der Waals surface area contributed by atoms with E-state index in [1.165, 1.54) is 6.08 Å². The molecule has 1 aliphatic heterocycles. The van der Waals surface area contributed by atoms with Gasteiger partial charge in [-0.05, 0) is 41.5 Å². The van der Waals surface area contributed by atoms with Crippen LogP contribution in [0.4, 0.5) is 4.79 Å². The van der Waals surface area contributed by atoms with E-state index in [2.05, 4.69) is 26.6 Å². The van der Waals surface area contributed by atoms with Crippen LogP contribution in [0.3, 0.4) is 0 Å². The van der Waals surface area contributed by atoms with Gasteiger partial charge in [-0.1, -0.05) is 51.3 Å².